The summed E-state index contributed by atoms with van der Waals surface area (Å²) in [6.45, 7) is 6.82. The van der Waals surface area contributed by atoms with Crippen LogP contribution in [0.5, 0.6) is 0 Å². The average Bonchev–Trinajstić information content (AvgIpc) is 2.43. The van der Waals surface area contributed by atoms with Gasteiger partial charge in [-0.25, -0.2) is 13.2 Å². The number of halogens is 3. The summed E-state index contributed by atoms with van der Waals surface area (Å²) in [5, 5.41) is 3.24. The smallest absolute Gasteiger partial charge is 0.133 e. The normalized spacial score (nSPS) is 14.2. The molecule has 1 aromatic rings. The lowest BCUT2D eigenvalue weighted by molar-refractivity contribution is 0.306. The number of hydrogen-bond acceptors (Lipinski definition) is 1. The zero-order valence-electron chi connectivity index (χ0n) is 13.2. The van der Waals surface area contributed by atoms with Crippen molar-refractivity contribution in [1.29, 1.82) is 0 Å². The van der Waals surface area contributed by atoms with E-state index in [1.807, 2.05) is 13.8 Å². The molecule has 0 aliphatic rings. The van der Waals surface area contributed by atoms with Crippen molar-refractivity contribution in [3.8, 4) is 0 Å². The first-order valence-corrected chi connectivity index (χ1v) is 7.92. The Morgan fingerprint density at radius 3 is 2.10 bits per heavy atom. The number of rotatable bonds is 9. The summed E-state index contributed by atoms with van der Waals surface area (Å²) in [4.78, 5) is 0. The molecule has 0 aliphatic carbocycles. The maximum atomic E-state index is 14.1. The lowest BCUT2D eigenvalue weighted by atomic mass is 9.86. The first-order valence-electron chi connectivity index (χ1n) is 7.92. The molecule has 0 saturated heterocycles. The van der Waals surface area contributed by atoms with Gasteiger partial charge < -0.3 is 5.32 Å². The summed E-state index contributed by atoms with van der Waals surface area (Å²) in [7, 11) is 0. The van der Waals surface area contributed by atoms with Crippen LogP contribution in [0, 0.1) is 23.4 Å². The molecule has 120 valence electrons. The average molecular weight is 301 g/mol. The molecule has 0 fully saturated rings. The maximum Gasteiger partial charge on any atom is 0.133 e. The van der Waals surface area contributed by atoms with E-state index in [1.165, 1.54) is 0 Å². The van der Waals surface area contributed by atoms with E-state index >= 15 is 0 Å². The molecule has 2 unspecified atom stereocenters. The van der Waals surface area contributed by atoms with Crippen LogP contribution in [0.2, 0.25) is 0 Å². The molecule has 0 amide bonds. The minimum absolute atomic E-state index is 0.0206. The third-order valence-corrected chi connectivity index (χ3v) is 3.89. The Kier molecular flexibility index (Phi) is 7.79. The largest absolute Gasteiger partial charge is 0.310 e. The van der Waals surface area contributed by atoms with Crippen LogP contribution in [0.25, 0.3) is 0 Å². The first-order chi connectivity index (χ1) is 10.0. The van der Waals surface area contributed by atoms with Gasteiger partial charge in [-0.2, -0.15) is 0 Å². The Labute approximate surface area is 125 Å². The molecule has 1 rings (SSSR count). The van der Waals surface area contributed by atoms with Crippen LogP contribution in [0.1, 0.15) is 64.5 Å². The van der Waals surface area contributed by atoms with Crippen molar-refractivity contribution in [2.24, 2.45) is 5.92 Å². The van der Waals surface area contributed by atoms with Gasteiger partial charge in [-0.15, -0.1) is 0 Å². The summed E-state index contributed by atoms with van der Waals surface area (Å²) >= 11 is 0. The molecule has 1 N–H and O–H groups in total. The van der Waals surface area contributed by atoms with E-state index in [0.29, 0.717) is 6.54 Å². The lowest BCUT2D eigenvalue weighted by Crippen LogP contribution is -2.30. The molecule has 0 aromatic heterocycles. The van der Waals surface area contributed by atoms with Crippen LogP contribution in [0.3, 0.4) is 0 Å². The molecule has 1 aromatic carbocycles. The maximum absolute atomic E-state index is 14.1. The minimum Gasteiger partial charge on any atom is -0.310 e. The second-order valence-electron chi connectivity index (χ2n) is 5.53. The fourth-order valence-electron chi connectivity index (χ4n) is 2.73. The van der Waals surface area contributed by atoms with Gasteiger partial charge in [-0.3, -0.25) is 0 Å². The number of unbranched alkanes of at least 4 members (excludes halogenated alkanes) is 1. The zero-order valence-corrected chi connectivity index (χ0v) is 13.2. The van der Waals surface area contributed by atoms with Crippen molar-refractivity contribution < 1.29 is 13.2 Å². The highest BCUT2D eigenvalue weighted by Gasteiger charge is 2.27. The van der Waals surface area contributed by atoms with Gasteiger partial charge >= 0.3 is 0 Å². The van der Waals surface area contributed by atoms with Gasteiger partial charge in [0.15, 0.2) is 0 Å². The highest BCUT2D eigenvalue weighted by molar-refractivity contribution is 5.25. The second kappa shape index (κ2) is 9.08. The molecule has 0 saturated carbocycles. The van der Waals surface area contributed by atoms with Crippen molar-refractivity contribution in [2.75, 3.05) is 6.54 Å². The number of nitrogens with one attached hydrogen (secondary N) is 1. The van der Waals surface area contributed by atoms with Crippen LogP contribution < -0.4 is 5.32 Å². The molecule has 4 heteroatoms. The Morgan fingerprint density at radius 2 is 1.62 bits per heavy atom. The van der Waals surface area contributed by atoms with Crippen molar-refractivity contribution in [3.63, 3.8) is 0 Å². The van der Waals surface area contributed by atoms with E-state index in [9.17, 15) is 13.2 Å². The fourth-order valence-corrected chi connectivity index (χ4v) is 2.73. The summed E-state index contributed by atoms with van der Waals surface area (Å²) in [6, 6.07) is 1.14. The highest BCUT2D eigenvalue weighted by Crippen LogP contribution is 2.32. The molecule has 0 spiro atoms. The van der Waals surface area contributed by atoms with E-state index in [2.05, 4.69) is 12.2 Å². The van der Waals surface area contributed by atoms with Gasteiger partial charge in [-0.05, 0) is 25.3 Å². The van der Waals surface area contributed by atoms with Gasteiger partial charge in [0.05, 0.1) is 0 Å². The summed E-state index contributed by atoms with van der Waals surface area (Å²) in [5.74, 6) is -2.32. The molecule has 0 heterocycles. The summed E-state index contributed by atoms with van der Waals surface area (Å²) < 4.78 is 41.3. The zero-order chi connectivity index (χ0) is 15.8. The van der Waals surface area contributed by atoms with Gasteiger partial charge in [0.2, 0.25) is 0 Å². The monoisotopic (exact) mass is 301 g/mol. The topological polar surface area (TPSA) is 12.0 Å². The summed E-state index contributed by atoms with van der Waals surface area (Å²) in [5.41, 5.74) is -0.0206. The van der Waals surface area contributed by atoms with E-state index < -0.39 is 23.5 Å². The van der Waals surface area contributed by atoms with E-state index in [4.69, 9.17) is 0 Å². The quantitative estimate of drug-likeness (QED) is 0.647. The van der Waals surface area contributed by atoms with Gasteiger partial charge in [0.25, 0.3) is 0 Å². The molecule has 2 atom stereocenters. The Balaban J connectivity index is 3.11. The van der Waals surface area contributed by atoms with E-state index in [1.54, 1.807) is 0 Å². The molecule has 0 bridgehead atoms. The van der Waals surface area contributed by atoms with Gasteiger partial charge in [-0.1, -0.05) is 40.0 Å². The molecule has 21 heavy (non-hydrogen) atoms. The molecular weight excluding hydrogens is 275 g/mol. The predicted molar refractivity (Wildman–Crippen MR) is 80.7 cm³/mol. The van der Waals surface area contributed by atoms with Crippen LogP contribution in [0.15, 0.2) is 12.1 Å². The first kappa shape index (κ1) is 18.0. The summed E-state index contributed by atoms with van der Waals surface area (Å²) in [6.07, 6.45) is 4.69. The van der Waals surface area contributed by atoms with Crippen molar-refractivity contribution in [2.45, 2.75) is 58.9 Å². The van der Waals surface area contributed by atoms with Crippen molar-refractivity contribution >= 4 is 0 Å². The van der Waals surface area contributed by atoms with E-state index in [0.717, 1.165) is 44.2 Å². The third kappa shape index (κ3) is 5.03. The Hall–Kier alpha value is -1.03. The van der Waals surface area contributed by atoms with Crippen molar-refractivity contribution in [1.82, 2.24) is 5.32 Å². The molecular formula is C17H26F3N. The van der Waals surface area contributed by atoms with Crippen LogP contribution in [0.4, 0.5) is 13.2 Å². The Bertz CT molecular complexity index is 411. The van der Waals surface area contributed by atoms with Gasteiger partial charge in [0, 0.05) is 23.7 Å². The number of hydrogen-bond donors (Lipinski definition) is 1. The number of benzene rings is 1. The van der Waals surface area contributed by atoms with Crippen LogP contribution in [-0.2, 0) is 0 Å². The second-order valence-corrected chi connectivity index (χ2v) is 5.53. The Morgan fingerprint density at radius 1 is 1.00 bits per heavy atom. The van der Waals surface area contributed by atoms with Gasteiger partial charge in [0.1, 0.15) is 17.5 Å². The molecule has 1 nitrogen and oxygen atoms in total. The third-order valence-electron chi connectivity index (χ3n) is 3.89. The minimum atomic E-state index is -0.871. The standard InChI is InChI=1S/C17H26F3N/c1-4-7-8-12(6-3)17(21-9-5-2)16-14(19)10-13(18)11-15(16)20/h10-12,17,21H,4-9H2,1-3H3. The fraction of sp³-hybridized carbons (Fsp3) is 0.647. The molecule has 0 aliphatic heterocycles. The van der Waals surface area contributed by atoms with Crippen LogP contribution in [-0.4, -0.2) is 6.54 Å². The highest BCUT2D eigenvalue weighted by atomic mass is 19.1. The van der Waals surface area contributed by atoms with E-state index in [-0.39, 0.29) is 11.5 Å². The SMILES string of the molecule is CCCCC(CC)C(NCCC)c1c(F)cc(F)cc1F. The predicted octanol–water partition coefficient (Wildman–Crippen LogP) is 5.36. The lowest BCUT2D eigenvalue weighted by Gasteiger charge is -2.28. The van der Waals surface area contributed by atoms with Crippen LogP contribution >= 0.6 is 0 Å². The van der Waals surface area contributed by atoms with Crippen molar-refractivity contribution in [3.05, 3.63) is 35.1 Å². The molecule has 0 radical (unpaired) electrons.